The summed E-state index contributed by atoms with van der Waals surface area (Å²) >= 11 is 0. The van der Waals surface area contributed by atoms with Crippen LogP contribution < -0.4 is 0 Å². The van der Waals surface area contributed by atoms with E-state index in [1.165, 1.54) is 16.3 Å². The van der Waals surface area contributed by atoms with Crippen molar-refractivity contribution >= 4 is 43.6 Å². The summed E-state index contributed by atoms with van der Waals surface area (Å²) in [5, 5.41) is 14.1. The highest BCUT2D eigenvalue weighted by atomic mass is 15.1. The number of hydrogen-bond donors (Lipinski definition) is 0. The lowest BCUT2D eigenvalue weighted by molar-refractivity contribution is 1.06. The Labute approximate surface area is 299 Å². The van der Waals surface area contributed by atoms with Gasteiger partial charge in [-0.3, -0.25) is 4.57 Å². The highest BCUT2D eigenvalue weighted by molar-refractivity contribution is 6.19. The van der Waals surface area contributed by atoms with E-state index in [0.717, 1.165) is 61.3 Å². The summed E-state index contributed by atoms with van der Waals surface area (Å²) in [7, 11) is 0. The van der Waals surface area contributed by atoms with Gasteiger partial charge in [-0.25, -0.2) is 15.0 Å². The normalized spacial score (nSPS) is 11.4. The second-order valence-corrected chi connectivity index (χ2v) is 12.8. The molecule has 10 aromatic rings. The van der Waals surface area contributed by atoms with Crippen molar-refractivity contribution in [1.29, 1.82) is 5.26 Å². The van der Waals surface area contributed by atoms with Gasteiger partial charge in [-0.2, -0.15) is 5.26 Å². The Hall–Kier alpha value is -7.36. The Morgan fingerprint density at radius 2 is 0.981 bits per heavy atom. The van der Waals surface area contributed by atoms with E-state index < -0.39 is 0 Å². The van der Waals surface area contributed by atoms with Gasteiger partial charge in [-0.1, -0.05) is 103 Å². The minimum atomic E-state index is 0.523. The predicted molar refractivity (Wildman–Crippen MR) is 210 cm³/mol. The third-order valence-corrected chi connectivity index (χ3v) is 9.78. The molecule has 6 nitrogen and oxygen atoms in total. The maximum atomic E-state index is 9.39. The molecule has 10 rings (SSSR count). The zero-order chi connectivity index (χ0) is 34.6. The first kappa shape index (κ1) is 29.5. The standard InChI is InChI=1S/C46H28N6/c47-29-30-22-24-32(25-23-30)40-27-39(31-12-3-1-4-13-31)49-46(50-40)38-18-11-21-45(48-38)52-42-20-10-8-17-35(42)37-26-36-34-16-7-9-19-41(34)51(43(36)28-44(37)52)33-14-5-2-6-15-33/h1-28H. The molecule has 242 valence electrons. The molecule has 0 saturated carbocycles. The molecule has 52 heavy (non-hydrogen) atoms. The fourth-order valence-electron chi connectivity index (χ4n) is 7.39. The van der Waals surface area contributed by atoms with Crippen LogP contribution in [0.25, 0.3) is 89.2 Å². The van der Waals surface area contributed by atoms with Crippen LogP contribution in [-0.4, -0.2) is 24.1 Å². The zero-order valence-electron chi connectivity index (χ0n) is 27.8. The van der Waals surface area contributed by atoms with Crippen molar-refractivity contribution in [3.8, 4) is 51.6 Å². The minimum absolute atomic E-state index is 0.523. The molecule has 0 spiro atoms. The smallest absolute Gasteiger partial charge is 0.179 e. The Morgan fingerprint density at radius 3 is 1.65 bits per heavy atom. The molecular formula is C46H28N6. The number of rotatable bonds is 5. The van der Waals surface area contributed by atoms with Gasteiger partial charge in [-0.15, -0.1) is 0 Å². The number of pyridine rings is 1. The minimum Gasteiger partial charge on any atom is -0.309 e. The largest absolute Gasteiger partial charge is 0.309 e. The van der Waals surface area contributed by atoms with Crippen LogP contribution in [0.15, 0.2) is 170 Å². The van der Waals surface area contributed by atoms with Crippen molar-refractivity contribution in [3.05, 3.63) is 175 Å². The first-order valence-corrected chi connectivity index (χ1v) is 17.2. The lowest BCUT2D eigenvalue weighted by Gasteiger charge is -2.12. The monoisotopic (exact) mass is 664 g/mol. The van der Waals surface area contributed by atoms with E-state index in [4.69, 9.17) is 15.0 Å². The van der Waals surface area contributed by atoms with Crippen LogP contribution in [0.5, 0.6) is 0 Å². The molecule has 0 radical (unpaired) electrons. The van der Waals surface area contributed by atoms with Crippen molar-refractivity contribution in [3.63, 3.8) is 0 Å². The van der Waals surface area contributed by atoms with E-state index in [1.54, 1.807) is 0 Å². The van der Waals surface area contributed by atoms with E-state index in [-0.39, 0.29) is 0 Å². The summed E-state index contributed by atoms with van der Waals surface area (Å²) in [6, 6.07) is 60.2. The van der Waals surface area contributed by atoms with Crippen LogP contribution in [-0.2, 0) is 0 Å². The van der Waals surface area contributed by atoms with Crippen LogP contribution in [0.3, 0.4) is 0 Å². The molecule has 0 saturated heterocycles. The average Bonchev–Trinajstić information content (AvgIpc) is 3.72. The predicted octanol–water partition coefficient (Wildman–Crippen LogP) is 10.9. The van der Waals surface area contributed by atoms with Gasteiger partial charge in [0.05, 0.1) is 45.1 Å². The molecule has 0 amide bonds. The number of hydrogen-bond acceptors (Lipinski definition) is 4. The molecule has 0 aliphatic heterocycles. The van der Waals surface area contributed by atoms with Gasteiger partial charge in [0.1, 0.15) is 11.5 Å². The molecule has 4 heterocycles. The number of benzene rings is 6. The Bertz CT molecular complexity index is 3010. The molecule has 0 unspecified atom stereocenters. The molecule has 6 aromatic carbocycles. The highest BCUT2D eigenvalue weighted by Gasteiger charge is 2.20. The van der Waals surface area contributed by atoms with Crippen LogP contribution in [0.4, 0.5) is 0 Å². The van der Waals surface area contributed by atoms with Crippen molar-refractivity contribution in [1.82, 2.24) is 24.1 Å². The van der Waals surface area contributed by atoms with Gasteiger partial charge in [-0.05, 0) is 66.7 Å². The first-order valence-electron chi connectivity index (χ1n) is 17.2. The van der Waals surface area contributed by atoms with Gasteiger partial charge in [0, 0.05) is 38.4 Å². The van der Waals surface area contributed by atoms with Crippen LogP contribution in [0.1, 0.15) is 5.56 Å². The SMILES string of the molecule is N#Cc1ccc(-c2cc(-c3ccccc3)nc(-c3cccc(-n4c5ccccc5c5cc6c7ccccc7n(-c7ccccc7)c6cc54)n3)n2)cc1. The lowest BCUT2D eigenvalue weighted by atomic mass is 10.1. The molecule has 0 atom stereocenters. The van der Waals surface area contributed by atoms with Gasteiger partial charge < -0.3 is 4.57 Å². The second kappa shape index (κ2) is 11.9. The van der Waals surface area contributed by atoms with E-state index in [0.29, 0.717) is 17.1 Å². The maximum Gasteiger partial charge on any atom is 0.179 e. The van der Waals surface area contributed by atoms with Crippen LogP contribution in [0, 0.1) is 11.3 Å². The van der Waals surface area contributed by atoms with Crippen molar-refractivity contribution in [2.75, 3.05) is 0 Å². The van der Waals surface area contributed by atoms with E-state index in [1.807, 2.05) is 72.8 Å². The van der Waals surface area contributed by atoms with E-state index in [9.17, 15) is 5.26 Å². The molecule has 0 aliphatic rings. The van der Waals surface area contributed by atoms with Gasteiger partial charge in [0.15, 0.2) is 5.82 Å². The number of aromatic nitrogens is 5. The lowest BCUT2D eigenvalue weighted by Crippen LogP contribution is -2.02. The topological polar surface area (TPSA) is 72.3 Å². The summed E-state index contributed by atoms with van der Waals surface area (Å²) in [5.41, 5.74) is 10.3. The Kier molecular flexibility index (Phi) is 6.76. The third-order valence-electron chi connectivity index (χ3n) is 9.78. The number of para-hydroxylation sites is 3. The molecule has 0 fully saturated rings. The van der Waals surface area contributed by atoms with Crippen LogP contribution in [0.2, 0.25) is 0 Å². The summed E-state index contributed by atoms with van der Waals surface area (Å²) in [6.07, 6.45) is 0. The van der Waals surface area contributed by atoms with Gasteiger partial charge in [0.25, 0.3) is 0 Å². The van der Waals surface area contributed by atoms with Crippen molar-refractivity contribution in [2.45, 2.75) is 0 Å². The second-order valence-electron chi connectivity index (χ2n) is 12.8. The van der Waals surface area contributed by atoms with Crippen molar-refractivity contribution < 1.29 is 0 Å². The zero-order valence-corrected chi connectivity index (χ0v) is 27.8. The van der Waals surface area contributed by atoms with Gasteiger partial charge >= 0.3 is 0 Å². The van der Waals surface area contributed by atoms with Crippen molar-refractivity contribution in [2.24, 2.45) is 0 Å². The fraction of sp³-hybridized carbons (Fsp3) is 0. The number of nitriles is 1. The summed E-state index contributed by atoms with van der Waals surface area (Å²) in [5.74, 6) is 1.30. The summed E-state index contributed by atoms with van der Waals surface area (Å²) in [4.78, 5) is 15.4. The molecular weight excluding hydrogens is 637 g/mol. The Morgan fingerprint density at radius 1 is 0.404 bits per heavy atom. The summed E-state index contributed by atoms with van der Waals surface area (Å²) < 4.78 is 4.60. The molecule has 0 N–H and O–H groups in total. The van der Waals surface area contributed by atoms with E-state index >= 15 is 0 Å². The molecule has 4 aromatic heterocycles. The quantitative estimate of drug-likeness (QED) is 0.184. The fourth-order valence-corrected chi connectivity index (χ4v) is 7.39. The summed E-state index contributed by atoms with van der Waals surface area (Å²) in [6.45, 7) is 0. The number of fused-ring (bicyclic) bond motifs is 6. The Balaban J connectivity index is 1.21. The third kappa shape index (κ3) is 4.76. The first-order chi connectivity index (χ1) is 25.7. The van der Waals surface area contributed by atoms with Gasteiger partial charge in [0.2, 0.25) is 0 Å². The molecule has 0 aliphatic carbocycles. The molecule has 6 heteroatoms. The van der Waals surface area contributed by atoms with E-state index in [2.05, 4.69) is 112 Å². The van der Waals surface area contributed by atoms with Crippen LogP contribution >= 0.6 is 0 Å². The molecule has 0 bridgehead atoms. The highest BCUT2D eigenvalue weighted by Crippen LogP contribution is 2.39. The number of nitrogens with zero attached hydrogens (tertiary/aromatic N) is 6. The average molecular weight is 665 g/mol. The maximum absolute atomic E-state index is 9.39.